The van der Waals surface area contributed by atoms with E-state index in [-0.39, 0.29) is 11.3 Å². The van der Waals surface area contributed by atoms with Crippen LogP contribution in [0.5, 0.6) is 0 Å². The molecule has 0 fully saturated rings. The third-order valence-electron chi connectivity index (χ3n) is 2.28. The Morgan fingerprint density at radius 1 is 1.31 bits per heavy atom. The lowest BCUT2D eigenvalue weighted by Crippen LogP contribution is -2.21. The summed E-state index contributed by atoms with van der Waals surface area (Å²) in [6.45, 7) is 1.54. The van der Waals surface area contributed by atoms with Crippen molar-refractivity contribution in [2.24, 2.45) is 7.05 Å². The van der Waals surface area contributed by atoms with Crippen LogP contribution in [0.25, 0.3) is 5.78 Å². The van der Waals surface area contributed by atoms with Crippen molar-refractivity contribution < 1.29 is 13.2 Å². The number of rotatable bonds is 0. The summed E-state index contributed by atoms with van der Waals surface area (Å²) in [4.78, 5) is 14.9. The topological polar surface area (TPSA) is 39.3 Å². The van der Waals surface area contributed by atoms with Gasteiger partial charge in [-0.2, -0.15) is 13.2 Å². The van der Waals surface area contributed by atoms with Gasteiger partial charge < -0.3 is 0 Å². The Hall–Kier alpha value is -1.79. The first-order valence-corrected chi connectivity index (χ1v) is 4.43. The van der Waals surface area contributed by atoms with E-state index in [0.29, 0.717) is 5.56 Å². The maximum Gasteiger partial charge on any atom is 0.434 e. The minimum absolute atomic E-state index is 0.0251. The lowest BCUT2D eigenvalue weighted by atomic mass is 10.4. The van der Waals surface area contributed by atoms with E-state index in [1.807, 2.05) is 0 Å². The predicted molar refractivity (Wildman–Crippen MR) is 50.2 cm³/mol. The molecule has 0 atom stereocenters. The molecule has 0 N–H and O–H groups in total. The number of hydrogen-bond acceptors (Lipinski definition) is 2. The maximum atomic E-state index is 12.4. The van der Waals surface area contributed by atoms with E-state index in [2.05, 4.69) is 4.98 Å². The fraction of sp³-hybridized carbons (Fsp3) is 0.333. The van der Waals surface area contributed by atoms with Crippen molar-refractivity contribution in [1.82, 2.24) is 14.0 Å². The highest BCUT2D eigenvalue weighted by molar-refractivity contribution is 5.34. The summed E-state index contributed by atoms with van der Waals surface area (Å²) in [5.74, 6) is -0.0251. The molecule has 0 aliphatic carbocycles. The average Bonchev–Trinajstić information content (AvgIpc) is 2.57. The molecule has 86 valence electrons. The Morgan fingerprint density at radius 3 is 2.50 bits per heavy atom. The zero-order valence-electron chi connectivity index (χ0n) is 8.54. The number of hydrogen-bond donors (Lipinski definition) is 0. The first kappa shape index (κ1) is 10.7. The van der Waals surface area contributed by atoms with Gasteiger partial charge in [0, 0.05) is 25.0 Å². The van der Waals surface area contributed by atoms with Crippen molar-refractivity contribution in [3.05, 3.63) is 34.0 Å². The van der Waals surface area contributed by atoms with Gasteiger partial charge in [0.2, 0.25) is 5.78 Å². The van der Waals surface area contributed by atoms with Crippen LogP contribution in [0.2, 0.25) is 0 Å². The predicted octanol–water partition coefficient (Wildman–Crippen LogP) is 1.36. The molecular weight excluding hydrogens is 223 g/mol. The van der Waals surface area contributed by atoms with Gasteiger partial charge in [0.1, 0.15) is 0 Å². The van der Waals surface area contributed by atoms with E-state index >= 15 is 0 Å². The van der Waals surface area contributed by atoms with Crippen molar-refractivity contribution in [2.45, 2.75) is 13.1 Å². The molecule has 0 aliphatic heterocycles. The number of aryl methyl sites for hydroxylation is 2. The van der Waals surface area contributed by atoms with Crippen LogP contribution in [0.15, 0.2) is 17.2 Å². The molecule has 2 aromatic heterocycles. The molecule has 0 aromatic carbocycles. The molecule has 0 radical (unpaired) electrons. The number of alkyl halides is 3. The molecule has 0 bridgehead atoms. The first-order chi connectivity index (χ1) is 7.30. The zero-order chi connectivity index (χ0) is 12.1. The van der Waals surface area contributed by atoms with Crippen molar-refractivity contribution in [2.75, 3.05) is 0 Å². The van der Waals surface area contributed by atoms with Crippen LogP contribution in [0.1, 0.15) is 11.3 Å². The van der Waals surface area contributed by atoms with Crippen LogP contribution in [0, 0.1) is 6.92 Å². The standard InChI is InChI=1S/C9H8F3N3O/c1-5-3-15-4-6(9(10,11)12)13-8(15)14(2)7(5)16/h3-4H,1-2H3. The second kappa shape index (κ2) is 3.10. The van der Waals surface area contributed by atoms with E-state index in [1.54, 1.807) is 0 Å². The molecule has 2 aromatic rings. The van der Waals surface area contributed by atoms with E-state index in [9.17, 15) is 18.0 Å². The van der Waals surface area contributed by atoms with E-state index in [4.69, 9.17) is 0 Å². The highest BCUT2D eigenvalue weighted by atomic mass is 19.4. The highest BCUT2D eigenvalue weighted by Crippen LogP contribution is 2.28. The minimum Gasteiger partial charge on any atom is -0.291 e. The van der Waals surface area contributed by atoms with E-state index < -0.39 is 11.9 Å². The first-order valence-electron chi connectivity index (χ1n) is 4.43. The van der Waals surface area contributed by atoms with Gasteiger partial charge >= 0.3 is 6.18 Å². The molecule has 2 rings (SSSR count). The Balaban J connectivity index is 2.82. The third kappa shape index (κ3) is 1.48. The SMILES string of the molecule is Cc1cn2cc(C(F)(F)F)nc2n(C)c1=O. The van der Waals surface area contributed by atoms with Crippen LogP contribution in [-0.2, 0) is 13.2 Å². The summed E-state index contributed by atoms with van der Waals surface area (Å²) >= 11 is 0. The maximum absolute atomic E-state index is 12.4. The van der Waals surface area contributed by atoms with Gasteiger partial charge in [-0.3, -0.25) is 13.8 Å². The Bertz CT molecular complexity index is 609. The summed E-state index contributed by atoms with van der Waals surface area (Å²) in [6.07, 6.45) is -2.31. The number of nitrogens with zero attached hydrogens (tertiary/aromatic N) is 3. The van der Waals surface area contributed by atoms with Crippen molar-refractivity contribution in [1.29, 1.82) is 0 Å². The number of fused-ring (bicyclic) bond motifs is 1. The summed E-state index contributed by atoms with van der Waals surface area (Å²) in [5.41, 5.74) is -0.999. The largest absolute Gasteiger partial charge is 0.434 e. The average molecular weight is 231 g/mol. The molecule has 0 saturated heterocycles. The summed E-state index contributed by atoms with van der Waals surface area (Å²) in [6, 6.07) is 0. The smallest absolute Gasteiger partial charge is 0.291 e. The second-order valence-electron chi connectivity index (χ2n) is 3.51. The van der Waals surface area contributed by atoms with Crippen LogP contribution in [0.3, 0.4) is 0 Å². The van der Waals surface area contributed by atoms with Gasteiger partial charge in [-0.1, -0.05) is 0 Å². The number of halogens is 3. The quantitative estimate of drug-likeness (QED) is 0.686. The molecule has 2 heterocycles. The number of imidazole rings is 1. The number of aromatic nitrogens is 3. The third-order valence-corrected chi connectivity index (χ3v) is 2.28. The molecule has 7 heteroatoms. The molecule has 0 aliphatic rings. The van der Waals surface area contributed by atoms with E-state index in [1.165, 1.54) is 24.6 Å². The summed E-state index contributed by atoms with van der Waals surface area (Å²) < 4.78 is 39.5. The molecule has 0 spiro atoms. The molecule has 4 nitrogen and oxygen atoms in total. The van der Waals surface area contributed by atoms with Gasteiger partial charge in [0.25, 0.3) is 5.56 Å². The van der Waals surface area contributed by atoms with Gasteiger partial charge in [0.05, 0.1) is 0 Å². The van der Waals surface area contributed by atoms with E-state index in [0.717, 1.165) is 10.8 Å². The lowest BCUT2D eigenvalue weighted by molar-refractivity contribution is -0.140. The van der Waals surface area contributed by atoms with Crippen LogP contribution >= 0.6 is 0 Å². The van der Waals surface area contributed by atoms with Gasteiger partial charge in [-0.25, -0.2) is 4.98 Å². The Labute approximate surface area is 88.0 Å². The molecule has 16 heavy (non-hydrogen) atoms. The zero-order valence-corrected chi connectivity index (χ0v) is 8.54. The monoisotopic (exact) mass is 231 g/mol. The van der Waals surface area contributed by atoms with Gasteiger partial charge in [-0.05, 0) is 6.92 Å². The molecular formula is C9H8F3N3O. The summed E-state index contributed by atoms with van der Waals surface area (Å²) in [5, 5.41) is 0. The summed E-state index contributed by atoms with van der Waals surface area (Å²) in [7, 11) is 1.39. The highest BCUT2D eigenvalue weighted by Gasteiger charge is 2.34. The fourth-order valence-corrected chi connectivity index (χ4v) is 1.48. The Morgan fingerprint density at radius 2 is 1.94 bits per heavy atom. The van der Waals surface area contributed by atoms with Crippen LogP contribution < -0.4 is 5.56 Å². The van der Waals surface area contributed by atoms with Crippen molar-refractivity contribution >= 4 is 5.78 Å². The normalized spacial score (nSPS) is 12.3. The second-order valence-corrected chi connectivity index (χ2v) is 3.51. The Kier molecular flexibility index (Phi) is 2.08. The van der Waals surface area contributed by atoms with Crippen molar-refractivity contribution in [3.63, 3.8) is 0 Å². The molecule has 0 amide bonds. The van der Waals surface area contributed by atoms with Crippen LogP contribution in [0.4, 0.5) is 13.2 Å². The lowest BCUT2D eigenvalue weighted by Gasteiger charge is -2.01. The van der Waals surface area contributed by atoms with Crippen LogP contribution in [-0.4, -0.2) is 14.0 Å². The fourth-order valence-electron chi connectivity index (χ4n) is 1.48. The van der Waals surface area contributed by atoms with Gasteiger partial charge in [-0.15, -0.1) is 0 Å². The molecule has 0 saturated carbocycles. The molecule has 0 unspecified atom stereocenters. The van der Waals surface area contributed by atoms with Crippen molar-refractivity contribution in [3.8, 4) is 0 Å². The van der Waals surface area contributed by atoms with Gasteiger partial charge in [0.15, 0.2) is 5.69 Å². The minimum atomic E-state index is -4.50.